The number of rotatable bonds is 10. The number of carbonyl (C=O) groups is 4. The number of hydrogen-bond donors (Lipinski definition) is 4. The molecule has 222 valence electrons. The molecule has 0 aromatic heterocycles. The summed E-state index contributed by atoms with van der Waals surface area (Å²) < 4.78 is 15.8. The van der Waals surface area contributed by atoms with Crippen LogP contribution in [0.15, 0.2) is 97.1 Å². The Balaban J connectivity index is 0.000000248. The maximum Gasteiger partial charge on any atom is 0.397 e. The van der Waals surface area contributed by atoms with Gasteiger partial charge in [-0.3, -0.25) is 14.4 Å². The lowest BCUT2D eigenvalue weighted by atomic mass is 10.1. The molecule has 4 aromatic carbocycles. The predicted molar refractivity (Wildman–Crippen MR) is 161 cm³/mol. The summed E-state index contributed by atoms with van der Waals surface area (Å²) in [4.78, 5) is 46.4. The van der Waals surface area contributed by atoms with Crippen molar-refractivity contribution in [3.05, 3.63) is 119 Å². The summed E-state index contributed by atoms with van der Waals surface area (Å²) >= 11 is 0. The van der Waals surface area contributed by atoms with Crippen molar-refractivity contribution in [2.45, 2.75) is 20.1 Å². The van der Waals surface area contributed by atoms with Crippen molar-refractivity contribution >= 4 is 35.1 Å². The van der Waals surface area contributed by atoms with Crippen LogP contribution in [0.2, 0.25) is 0 Å². The lowest BCUT2D eigenvalue weighted by Gasteiger charge is -2.14. The summed E-state index contributed by atoms with van der Waals surface area (Å²) in [5.41, 5.74) is 18.9. The summed E-state index contributed by atoms with van der Waals surface area (Å²) in [6, 6.07) is 28.6. The number of ether oxygens (including phenoxy) is 3. The molecule has 0 saturated carbocycles. The zero-order chi connectivity index (χ0) is 31.2. The number of amides is 3. The molecule has 11 heteroatoms. The van der Waals surface area contributed by atoms with Crippen LogP contribution in [0.4, 0.5) is 11.4 Å². The number of primary amides is 2. The highest BCUT2D eigenvalue weighted by molar-refractivity contribution is 6.37. The Labute approximate surface area is 248 Å². The number of hydrogen-bond acceptors (Lipinski definition) is 8. The topological polar surface area (TPSA) is 186 Å². The highest BCUT2D eigenvalue weighted by Crippen LogP contribution is 2.27. The second-order valence-corrected chi connectivity index (χ2v) is 8.85. The van der Waals surface area contributed by atoms with Gasteiger partial charge in [-0.2, -0.15) is 0 Å². The molecule has 4 aromatic rings. The molecule has 0 heterocycles. The third-order valence-electron chi connectivity index (χ3n) is 5.76. The normalized spacial score (nSPS) is 9.98. The fourth-order valence-corrected chi connectivity index (χ4v) is 3.78. The van der Waals surface area contributed by atoms with E-state index in [1.807, 2.05) is 60.7 Å². The Bertz CT molecular complexity index is 1560. The highest BCUT2D eigenvalue weighted by Gasteiger charge is 2.21. The SMILES string of the molecule is CCOC(=O)C(=O)Nc1cccc(OCc2ccccc2)c1C(N)=O.NC(=O)c1c(N)cccc1OCc1ccccc1. The molecule has 0 atom stereocenters. The van der Waals surface area contributed by atoms with E-state index in [9.17, 15) is 19.2 Å². The van der Waals surface area contributed by atoms with Crippen LogP contribution >= 0.6 is 0 Å². The molecule has 0 bridgehead atoms. The van der Waals surface area contributed by atoms with Crippen molar-refractivity contribution in [3.8, 4) is 11.5 Å². The number of esters is 1. The van der Waals surface area contributed by atoms with Crippen molar-refractivity contribution in [2.75, 3.05) is 17.7 Å². The molecule has 11 nitrogen and oxygen atoms in total. The van der Waals surface area contributed by atoms with Gasteiger partial charge in [0.15, 0.2) is 0 Å². The van der Waals surface area contributed by atoms with Gasteiger partial charge >= 0.3 is 11.9 Å². The van der Waals surface area contributed by atoms with Crippen LogP contribution in [0, 0.1) is 0 Å². The fourth-order valence-electron chi connectivity index (χ4n) is 3.78. The molecule has 3 amide bonds. The van der Waals surface area contributed by atoms with Crippen molar-refractivity contribution < 1.29 is 33.4 Å². The van der Waals surface area contributed by atoms with E-state index < -0.39 is 23.7 Å². The van der Waals surface area contributed by atoms with E-state index in [1.54, 1.807) is 37.3 Å². The van der Waals surface area contributed by atoms with Crippen LogP contribution in [-0.4, -0.2) is 30.3 Å². The van der Waals surface area contributed by atoms with Crippen molar-refractivity contribution in [3.63, 3.8) is 0 Å². The van der Waals surface area contributed by atoms with Crippen molar-refractivity contribution in [2.24, 2.45) is 11.5 Å². The first kappa shape index (κ1) is 31.7. The minimum atomic E-state index is -1.05. The molecule has 0 aliphatic rings. The lowest BCUT2D eigenvalue weighted by Crippen LogP contribution is -2.27. The summed E-state index contributed by atoms with van der Waals surface area (Å²) in [7, 11) is 0. The summed E-state index contributed by atoms with van der Waals surface area (Å²) in [5, 5.41) is 2.32. The van der Waals surface area contributed by atoms with Gasteiger partial charge in [0.2, 0.25) is 0 Å². The standard InChI is InChI=1S/C18H18N2O5.C14H14N2O2/c1-2-24-18(23)17(22)20-13-9-6-10-14(15(13)16(19)21)25-11-12-7-4-3-5-8-12;15-11-7-4-8-12(13(11)14(16)17)18-9-10-5-2-1-3-6-10/h3-10H,2,11H2,1H3,(H2,19,21)(H,20,22);1-8H,9,15H2,(H2,16,17). The van der Waals surface area contributed by atoms with Gasteiger partial charge in [-0.05, 0) is 42.3 Å². The molecule has 0 aliphatic heterocycles. The molecular weight excluding hydrogens is 552 g/mol. The van der Waals surface area contributed by atoms with E-state index in [4.69, 9.17) is 26.7 Å². The number of nitrogens with one attached hydrogen (secondary N) is 1. The predicted octanol–water partition coefficient (Wildman–Crippen LogP) is 3.81. The van der Waals surface area contributed by atoms with Crippen LogP contribution in [-0.2, 0) is 27.5 Å². The van der Waals surface area contributed by atoms with Gasteiger partial charge in [0.1, 0.15) is 35.8 Å². The number of anilines is 2. The van der Waals surface area contributed by atoms with Crippen LogP contribution in [0.3, 0.4) is 0 Å². The van der Waals surface area contributed by atoms with Crippen LogP contribution in [0.25, 0.3) is 0 Å². The smallest absolute Gasteiger partial charge is 0.397 e. The molecule has 0 spiro atoms. The van der Waals surface area contributed by atoms with Crippen molar-refractivity contribution in [1.82, 2.24) is 0 Å². The maximum absolute atomic E-state index is 11.8. The highest BCUT2D eigenvalue weighted by atomic mass is 16.5. The van der Waals surface area contributed by atoms with Crippen LogP contribution in [0.1, 0.15) is 38.8 Å². The van der Waals surface area contributed by atoms with Gasteiger partial charge in [-0.1, -0.05) is 72.8 Å². The van der Waals surface area contributed by atoms with E-state index in [1.165, 1.54) is 6.07 Å². The Morgan fingerprint density at radius 2 is 1.14 bits per heavy atom. The van der Waals surface area contributed by atoms with Gasteiger partial charge in [0, 0.05) is 5.69 Å². The summed E-state index contributed by atoms with van der Waals surface area (Å²) in [6.07, 6.45) is 0. The minimum absolute atomic E-state index is 0.0175. The van der Waals surface area contributed by atoms with Gasteiger partial charge in [0.05, 0.1) is 12.3 Å². The van der Waals surface area contributed by atoms with E-state index in [0.29, 0.717) is 18.0 Å². The lowest BCUT2D eigenvalue weighted by molar-refractivity contribution is -0.152. The van der Waals surface area contributed by atoms with Gasteiger partial charge in [0.25, 0.3) is 11.8 Å². The van der Waals surface area contributed by atoms with Crippen LogP contribution < -0.4 is 32.0 Å². The zero-order valence-electron chi connectivity index (χ0n) is 23.4. The molecule has 7 N–H and O–H groups in total. The zero-order valence-corrected chi connectivity index (χ0v) is 23.4. The number of carbonyl (C=O) groups excluding carboxylic acids is 4. The molecule has 0 fully saturated rings. The Kier molecular flexibility index (Phi) is 11.7. The molecule has 0 aliphatic carbocycles. The van der Waals surface area contributed by atoms with E-state index >= 15 is 0 Å². The first-order valence-corrected chi connectivity index (χ1v) is 13.1. The first-order valence-electron chi connectivity index (χ1n) is 13.1. The first-order chi connectivity index (χ1) is 20.7. The molecule has 4 rings (SSSR count). The molecule has 0 radical (unpaired) electrons. The molecule has 43 heavy (non-hydrogen) atoms. The molecule has 0 saturated heterocycles. The molecular formula is C32H32N4O7. The van der Waals surface area contributed by atoms with Gasteiger partial charge in [-0.15, -0.1) is 0 Å². The Morgan fingerprint density at radius 1 is 0.651 bits per heavy atom. The summed E-state index contributed by atoms with van der Waals surface area (Å²) in [6.45, 7) is 2.23. The number of nitrogen functional groups attached to an aromatic ring is 1. The largest absolute Gasteiger partial charge is 0.488 e. The van der Waals surface area contributed by atoms with Crippen molar-refractivity contribution in [1.29, 1.82) is 0 Å². The Hall–Kier alpha value is -5.84. The second-order valence-electron chi connectivity index (χ2n) is 8.85. The average molecular weight is 585 g/mol. The minimum Gasteiger partial charge on any atom is -0.488 e. The molecule has 0 unspecified atom stereocenters. The maximum atomic E-state index is 11.8. The monoisotopic (exact) mass is 584 g/mol. The third-order valence-corrected chi connectivity index (χ3v) is 5.76. The van der Waals surface area contributed by atoms with E-state index in [0.717, 1.165) is 11.1 Å². The van der Waals surface area contributed by atoms with E-state index in [-0.39, 0.29) is 35.8 Å². The average Bonchev–Trinajstić information content (AvgIpc) is 3.00. The van der Waals surface area contributed by atoms with Gasteiger partial charge in [-0.25, -0.2) is 4.79 Å². The number of benzene rings is 4. The third kappa shape index (κ3) is 9.35. The summed E-state index contributed by atoms with van der Waals surface area (Å²) in [5.74, 6) is -2.80. The Morgan fingerprint density at radius 3 is 1.63 bits per heavy atom. The van der Waals surface area contributed by atoms with Crippen LogP contribution in [0.5, 0.6) is 11.5 Å². The van der Waals surface area contributed by atoms with Gasteiger partial charge < -0.3 is 36.7 Å². The van der Waals surface area contributed by atoms with E-state index in [2.05, 4.69) is 10.1 Å². The fraction of sp³-hybridized carbons (Fsp3) is 0.125. The second kappa shape index (κ2) is 15.8. The quantitative estimate of drug-likeness (QED) is 0.123. The number of nitrogens with two attached hydrogens (primary N) is 3.